The second-order valence-electron chi connectivity index (χ2n) is 9.67. The number of anilines is 1. The van der Waals surface area contributed by atoms with Gasteiger partial charge >= 0.3 is 0 Å². The number of allylic oxidation sites excluding steroid dienone is 6. The van der Waals surface area contributed by atoms with Crippen molar-refractivity contribution in [3.8, 4) is 0 Å². The van der Waals surface area contributed by atoms with Gasteiger partial charge in [-0.05, 0) is 89.5 Å². The van der Waals surface area contributed by atoms with Crippen molar-refractivity contribution in [3.63, 3.8) is 0 Å². The van der Waals surface area contributed by atoms with E-state index in [1.807, 2.05) is 18.3 Å². The summed E-state index contributed by atoms with van der Waals surface area (Å²) in [6, 6.07) is 23.0. The van der Waals surface area contributed by atoms with Gasteiger partial charge in [0.25, 0.3) is 0 Å². The summed E-state index contributed by atoms with van der Waals surface area (Å²) in [5.74, 6) is 2.29. The van der Waals surface area contributed by atoms with E-state index >= 15 is 0 Å². The molecule has 4 nitrogen and oxygen atoms in total. The van der Waals surface area contributed by atoms with Gasteiger partial charge in [0.2, 0.25) is 0 Å². The summed E-state index contributed by atoms with van der Waals surface area (Å²) in [4.78, 5) is 19.6. The molecular weight excluding hydrogens is 473 g/mol. The minimum Gasteiger partial charge on any atom is -0.399 e. The Morgan fingerprint density at radius 1 is 1.08 bits per heavy atom. The maximum absolute atomic E-state index is 11.2. The van der Waals surface area contributed by atoms with Gasteiger partial charge < -0.3 is 10.6 Å². The van der Waals surface area contributed by atoms with Crippen molar-refractivity contribution in [3.05, 3.63) is 123 Å². The second kappa shape index (κ2) is 10.7. The van der Waals surface area contributed by atoms with Crippen molar-refractivity contribution in [2.24, 2.45) is 9.98 Å². The lowest BCUT2D eigenvalue weighted by atomic mass is 9.84. The lowest BCUT2D eigenvalue weighted by Gasteiger charge is -2.28. The molecule has 5 heteroatoms. The Balaban J connectivity index is 1.44. The van der Waals surface area contributed by atoms with Crippen LogP contribution in [0.25, 0.3) is 5.57 Å². The average Bonchev–Trinajstić information content (AvgIpc) is 2.90. The first-order chi connectivity index (χ1) is 17.9. The maximum atomic E-state index is 11.2. The van der Waals surface area contributed by atoms with Crippen LogP contribution in [-0.2, 0) is 6.42 Å². The molecule has 5 rings (SSSR count). The molecule has 0 fully saturated rings. The van der Waals surface area contributed by atoms with E-state index in [0.717, 1.165) is 46.2 Å². The van der Waals surface area contributed by atoms with Crippen LogP contribution in [0, 0.1) is 0 Å². The maximum Gasteiger partial charge on any atom is 0.0712 e. The summed E-state index contributed by atoms with van der Waals surface area (Å²) in [5.41, 5.74) is 16.7. The number of benzene rings is 3. The van der Waals surface area contributed by atoms with Crippen molar-refractivity contribution < 1.29 is 4.89 Å². The Labute approximate surface area is 219 Å². The van der Waals surface area contributed by atoms with Gasteiger partial charge in [0.15, 0.2) is 0 Å². The number of nitrogens with zero attached hydrogens (tertiary/aromatic N) is 2. The highest BCUT2D eigenvalue weighted by atomic mass is 31.1. The normalized spacial score (nSPS) is 19.2. The zero-order chi connectivity index (χ0) is 25.9. The van der Waals surface area contributed by atoms with E-state index in [0.29, 0.717) is 0 Å². The van der Waals surface area contributed by atoms with Crippen LogP contribution in [0.1, 0.15) is 47.1 Å². The van der Waals surface area contributed by atoms with Crippen molar-refractivity contribution in [1.29, 1.82) is 0 Å². The van der Waals surface area contributed by atoms with Crippen LogP contribution in [0.5, 0.6) is 0 Å². The predicted octanol–water partition coefficient (Wildman–Crippen LogP) is 6.95. The Bertz CT molecular complexity index is 1520. The van der Waals surface area contributed by atoms with Gasteiger partial charge in [-0.1, -0.05) is 60.7 Å². The fourth-order valence-electron chi connectivity index (χ4n) is 5.27. The third kappa shape index (κ3) is 5.36. The molecule has 3 aromatic rings. The largest absolute Gasteiger partial charge is 0.399 e. The van der Waals surface area contributed by atoms with E-state index in [1.54, 1.807) is 7.05 Å². The summed E-state index contributed by atoms with van der Waals surface area (Å²) in [6.45, 7) is 5.86. The summed E-state index contributed by atoms with van der Waals surface area (Å²) in [6.07, 6.45) is 8.06. The van der Waals surface area contributed by atoms with E-state index in [-0.39, 0.29) is 5.92 Å². The molecule has 2 aliphatic rings. The minimum absolute atomic E-state index is 0.217. The molecule has 186 valence electrons. The SMILES string of the molecule is C=Nc1cc(C2C=C(C)C3=C(C=C(c4cccc(Cc5ccc(N)cc5)c4)C=[PH]3O)C2)ccc1/C=N\C. The van der Waals surface area contributed by atoms with E-state index in [2.05, 4.69) is 96.2 Å². The highest BCUT2D eigenvalue weighted by molar-refractivity contribution is 7.57. The lowest BCUT2D eigenvalue weighted by molar-refractivity contribution is 0.646. The molecular formula is C32H32N3OP. The molecule has 0 bridgehead atoms. The summed E-state index contributed by atoms with van der Waals surface area (Å²) >= 11 is 0. The van der Waals surface area contributed by atoms with Gasteiger partial charge in [-0.2, -0.15) is 0 Å². The van der Waals surface area contributed by atoms with Crippen molar-refractivity contribution in [1.82, 2.24) is 0 Å². The Kier molecular flexibility index (Phi) is 7.23. The number of nitrogens with two attached hydrogens (primary N) is 1. The Hall–Kier alpha value is -3.72. The van der Waals surface area contributed by atoms with Crippen LogP contribution in [0.2, 0.25) is 0 Å². The van der Waals surface area contributed by atoms with Crippen LogP contribution >= 0.6 is 7.77 Å². The number of rotatable bonds is 6. The molecule has 1 aliphatic heterocycles. The highest BCUT2D eigenvalue weighted by Gasteiger charge is 2.25. The molecule has 1 heterocycles. The van der Waals surface area contributed by atoms with Gasteiger partial charge in [-0.15, -0.1) is 0 Å². The minimum atomic E-state index is -1.78. The molecule has 0 saturated heterocycles. The first-order valence-corrected chi connectivity index (χ1v) is 14.0. The van der Waals surface area contributed by atoms with E-state index in [4.69, 9.17) is 5.73 Å². The summed E-state index contributed by atoms with van der Waals surface area (Å²) < 4.78 is 0. The Morgan fingerprint density at radius 3 is 2.65 bits per heavy atom. The fraction of sp³-hybridized carbons (Fsp3) is 0.156. The average molecular weight is 506 g/mol. The first-order valence-electron chi connectivity index (χ1n) is 12.5. The molecule has 1 aliphatic carbocycles. The molecule has 2 atom stereocenters. The monoisotopic (exact) mass is 505 g/mol. The zero-order valence-corrected chi connectivity index (χ0v) is 22.3. The molecule has 0 spiro atoms. The third-order valence-corrected chi connectivity index (χ3v) is 8.87. The molecule has 0 aromatic heterocycles. The van der Waals surface area contributed by atoms with Crippen LogP contribution in [0.15, 0.2) is 105 Å². The molecule has 0 amide bonds. The van der Waals surface area contributed by atoms with Crippen LogP contribution in [-0.4, -0.2) is 30.7 Å². The molecule has 0 saturated carbocycles. The molecule has 3 N–H and O–H groups in total. The third-order valence-electron chi connectivity index (χ3n) is 7.05. The van der Waals surface area contributed by atoms with Crippen molar-refractivity contribution in [2.75, 3.05) is 12.8 Å². The number of hydrogen-bond acceptors (Lipinski definition) is 4. The standard InChI is InChI=1S/C32H32N3OP/c1-21-13-27(25-9-10-26(19-34-2)31(18-25)35-3)16-28-17-29(20-37(36)32(21)28)24-6-4-5-23(15-24)14-22-7-11-30(33)12-8-22/h4-13,15,17-20,27,36-37H,3,14,16,33H2,1-2H3/b34-19-. The number of hydrogen-bond donors (Lipinski definition) is 2. The van der Waals surface area contributed by atoms with Gasteiger partial charge in [0.1, 0.15) is 0 Å². The topological polar surface area (TPSA) is 71.0 Å². The van der Waals surface area contributed by atoms with E-state index < -0.39 is 7.77 Å². The second-order valence-corrected chi connectivity index (χ2v) is 11.2. The van der Waals surface area contributed by atoms with Gasteiger partial charge in [-0.25, -0.2) is 0 Å². The molecule has 2 unspecified atom stereocenters. The van der Waals surface area contributed by atoms with Crippen molar-refractivity contribution in [2.45, 2.75) is 25.7 Å². The van der Waals surface area contributed by atoms with Crippen molar-refractivity contribution >= 4 is 43.4 Å². The predicted molar refractivity (Wildman–Crippen MR) is 162 cm³/mol. The highest BCUT2D eigenvalue weighted by Crippen LogP contribution is 2.49. The van der Waals surface area contributed by atoms with Crippen LogP contribution < -0.4 is 5.73 Å². The van der Waals surface area contributed by atoms with E-state index in [1.165, 1.54) is 27.8 Å². The van der Waals surface area contributed by atoms with E-state index in [9.17, 15) is 4.89 Å². The fourth-order valence-corrected chi connectivity index (χ4v) is 6.95. The Morgan fingerprint density at radius 2 is 1.89 bits per heavy atom. The van der Waals surface area contributed by atoms with Gasteiger partial charge in [0, 0.05) is 43.5 Å². The summed E-state index contributed by atoms with van der Waals surface area (Å²) in [5, 5.41) is 1.12. The van der Waals surface area contributed by atoms with Gasteiger partial charge in [-0.3, -0.25) is 9.98 Å². The molecule has 0 radical (unpaired) electrons. The zero-order valence-electron chi connectivity index (χ0n) is 21.3. The van der Waals surface area contributed by atoms with Crippen LogP contribution in [0.4, 0.5) is 11.4 Å². The lowest BCUT2D eigenvalue weighted by Crippen LogP contribution is -2.09. The summed E-state index contributed by atoms with van der Waals surface area (Å²) in [7, 11) is -0.0259. The quantitative estimate of drug-likeness (QED) is 0.216. The number of aliphatic imine (C=N–C) groups is 2. The molecule has 3 aromatic carbocycles. The van der Waals surface area contributed by atoms with Crippen LogP contribution in [0.3, 0.4) is 0 Å². The molecule has 37 heavy (non-hydrogen) atoms. The van der Waals surface area contributed by atoms with Gasteiger partial charge in [0.05, 0.1) is 5.69 Å². The number of nitrogen functional groups attached to an aromatic ring is 1. The smallest absolute Gasteiger partial charge is 0.0712 e. The first kappa shape index (κ1) is 25.0.